The Labute approximate surface area is 136 Å². The lowest BCUT2D eigenvalue weighted by molar-refractivity contribution is 0.415. The van der Waals surface area contributed by atoms with E-state index in [1.165, 1.54) is 0 Å². The monoisotopic (exact) mass is 326 g/mol. The normalized spacial score (nSPS) is 9.90. The van der Waals surface area contributed by atoms with Crippen molar-refractivity contribution in [2.45, 2.75) is 20.3 Å². The largest absolute Gasteiger partial charge is 0.497 e. The summed E-state index contributed by atoms with van der Waals surface area (Å²) in [5.41, 5.74) is 6.51. The fourth-order valence-corrected chi connectivity index (χ4v) is 1.82. The minimum Gasteiger partial charge on any atom is -0.497 e. The zero-order chi connectivity index (χ0) is 15.7. The van der Waals surface area contributed by atoms with E-state index >= 15 is 0 Å². The molecule has 0 amide bonds. The fourth-order valence-electron chi connectivity index (χ4n) is 1.50. The van der Waals surface area contributed by atoms with Crippen molar-refractivity contribution in [3.8, 4) is 5.75 Å². The Balaban J connectivity index is 2.28. The van der Waals surface area contributed by atoms with Gasteiger partial charge in [0, 0.05) is 18.3 Å². The van der Waals surface area contributed by atoms with Gasteiger partial charge in [-0.2, -0.15) is 0 Å². The summed E-state index contributed by atoms with van der Waals surface area (Å²) >= 11 is 10.3. The highest BCUT2D eigenvalue weighted by molar-refractivity contribution is 7.80. The van der Waals surface area contributed by atoms with Crippen molar-refractivity contribution in [3.05, 3.63) is 24.3 Å². The van der Waals surface area contributed by atoms with E-state index in [4.69, 9.17) is 29.2 Å². The van der Waals surface area contributed by atoms with E-state index in [-0.39, 0.29) is 0 Å². The number of rotatable bonds is 5. The molecule has 0 aliphatic carbocycles. The zero-order valence-corrected chi connectivity index (χ0v) is 14.2. The Bertz CT molecular complexity index is 480. The van der Waals surface area contributed by atoms with Gasteiger partial charge in [0.25, 0.3) is 0 Å². The van der Waals surface area contributed by atoms with Gasteiger partial charge in [0.2, 0.25) is 0 Å². The number of ether oxygens (including phenoxy) is 1. The number of anilines is 1. The maximum atomic E-state index is 5.18. The lowest BCUT2D eigenvalue weighted by Gasteiger charge is -2.15. The van der Waals surface area contributed by atoms with Gasteiger partial charge in [-0.1, -0.05) is 19.9 Å². The number of benzene rings is 1. The third-order valence-electron chi connectivity index (χ3n) is 2.62. The molecule has 0 heterocycles. The van der Waals surface area contributed by atoms with Gasteiger partial charge in [-0.3, -0.25) is 10.9 Å². The van der Waals surface area contributed by atoms with Crippen LogP contribution in [-0.4, -0.2) is 23.9 Å². The van der Waals surface area contributed by atoms with E-state index in [0.717, 1.165) is 24.4 Å². The summed E-state index contributed by atoms with van der Waals surface area (Å²) in [6, 6.07) is 7.51. The summed E-state index contributed by atoms with van der Waals surface area (Å²) in [6.45, 7) is 5.18. The predicted octanol–water partition coefficient (Wildman–Crippen LogP) is 2.41. The number of hydrogen-bond acceptors (Lipinski definition) is 3. The Kier molecular flexibility index (Phi) is 7.78. The second-order valence-corrected chi connectivity index (χ2v) is 5.69. The van der Waals surface area contributed by atoms with Gasteiger partial charge in [0.15, 0.2) is 10.2 Å². The Morgan fingerprint density at radius 1 is 1.19 bits per heavy atom. The fraction of sp³-hybridized carbons (Fsp3) is 0.429. The highest BCUT2D eigenvalue weighted by Crippen LogP contribution is 2.16. The molecule has 0 bridgehead atoms. The smallest absolute Gasteiger partial charge is 0.189 e. The van der Waals surface area contributed by atoms with E-state index in [2.05, 4.69) is 35.3 Å². The van der Waals surface area contributed by atoms with Crippen LogP contribution >= 0.6 is 24.4 Å². The molecule has 1 aromatic rings. The number of hydrazine groups is 1. The lowest BCUT2D eigenvalue weighted by atomic mass is 10.1. The van der Waals surface area contributed by atoms with E-state index in [1.807, 2.05) is 24.3 Å². The highest BCUT2D eigenvalue weighted by Gasteiger charge is 2.00. The summed E-state index contributed by atoms with van der Waals surface area (Å²) < 4.78 is 5.15. The third kappa shape index (κ3) is 7.67. The second kappa shape index (κ2) is 9.36. The molecule has 0 aliphatic rings. The molecule has 0 unspecified atom stereocenters. The van der Waals surface area contributed by atoms with Crippen LogP contribution in [0.15, 0.2) is 24.3 Å². The lowest BCUT2D eigenvalue weighted by Crippen LogP contribution is -2.48. The van der Waals surface area contributed by atoms with Gasteiger partial charge in [-0.25, -0.2) is 0 Å². The van der Waals surface area contributed by atoms with Crippen molar-refractivity contribution in [1.82, 2.24) is 16.2 Å². The zero-order valence-electron chi connectivity index (χ0n) is 12.5. The maximum absolute atomic E-state index is 5.18. The van der Waals surface area contributed by atoms with Gasteiger partial charge >= 0.3 is 0 Å². The topological polar surface area (TPSA) is 57.4 Å². The minimum absolute atomic E-state index is 0.427. The molecule has 7 heteroatoms. The maximum Gasteiger partial charge on any atom is 0.189 e. The molecule has 21 heavy (non-hydrogen) atoms. The third-order valence-corrected chi connectivity index (χ3v) is 3.07. The summed E-state index contributed by atoms with van der Waals surface area (Å²) in [5, 5.41) is 7.08. The van der Waals surface area contributed by atoms with Crippen molar-refractivity contribution in [3.63, 3.8) is 0 Å². The standard InChI is InChI=1S/C14H22N4OS2/c1-10(2)7-8-15-13(20)17-18-14(21)16-11-5-4-6-12(9-11)19-3/h4-6,9-10H,7-8H2,1-3H3,(H2,15,17,20)(H2,16,18,21). The molecule has 1 rings (SSSR count). The summed E-state index contributed by atoms with van der Waals surface area (Å²) in [7, 11) is 1.62. The minimum atomic E-state index is 0.427. The average molecular weight is 326 g/mol. The molecule has 0 saturated carbocycles. The summed E-state index contributed by atoms with van der Waals surface area (Å²) in [4.78, 5) is 0. The molecule has 0 atom stereocenters. The number of nitrogens with one attached hydrogen (secondary N) is 4. The van der Waals surface area contributed by atoms with Crippen LogP contribution < -0.4 is 26.2 Å². The molecular weight excluding hydrogens is 304 g/mol. The van der Waals surface area contributed by atoms with E-state index in [1.54, 1.807) is 7.11 Å². The Hall–Kier alpha value is -1.60. The van der Waals surface area contributed by atoms with Crippen LogP contribution in [0.5, 0.6) is 5.75 Å². The van der Waals surface area contributed by atoms with Crippen molar-refractivity contribution >= 4 is 40.3 Å². The van der Waals surface area contributed by atoms with Crippen molar-refractivity contribution in [1.29, 1.82) is 0 Å². The highest BCUT2D eigenvalue weighted by atomic mass is 32.1. The molecule has 0 aliphatic heterocycles. The van der Waals surface area contributed by atoms with Crippen LogP contribution in [0.25, 0.3) is 0 Å². The Morgan fingerprint density at radius 2 is 1.90 bits per heavy atom. The van der Waals surface area contributed by atoms with E-state index in [0.29, 0.717) is 16.1 Å². The SMILES string of the molecule is COc1cccc(NC(=S)NNC(=S)NCCC(C)C)c1. The molecule has 116 valence electrons. The van der Waals surface area contributed by atoms with E-state index < -0.39 is 0 Å². The molecule has 1 aromatic carbocycles. The van der Waals surface area contributed by atoms with Crippen LogP contribution in [0.4, 0.5) is 5.69 Å². The van der Waals surface area contributed by atoms with Crippen LogP contribution in [0.1, 0.15) is 20.3 Å². The summed E-state index contributed by atoms with van der Waals surface area (Å²) in [6.07, 6.45) is 1.06. The molecule has 0 aromatic heterocycles. The van der Waals surface area contributed by atoms with Crippen LogP contribution in [0, 0.1) is 5.92 Å². The van der Waals surface area contributed by atoms with Gasteiger partial charge in [-0.15, -0.1) is 0 Å². The first-order valence-electron chi connectivity index (χ1n) is 6.76. The van der Waals surface area contributed by atoms with E-state index in [9.17, 15) is 0 Å². The number of thiocarbonyl (C=S) groups is 2. The summed E-state index contributed by atoms with van der Waals surface area (Å²) in [5.74, 6) is 1.41. The van der Waals surface area contributed by atoms with Gasteiger partial charge < -0.3 is 15.4 Å². The van der Waals surface area contributed by atoms with Crippen molar-refractivity contribution in [2.75, 3.05) is 19.0 Å². The average Bonchev–Trinajstić information content (AvgIpc) is 2.45. The van der Waals surface area contributed by atoms with Crippen LogP contribution in [0.3, 0.4) is 0 Å². The molecule has 4 N–H and O–H groups in total. The number of hydrogen-bond donors (Lipinski definition) is 4. The molecule has 5 nitrogen and oxygen atoms in total. The molecule has 0 saturated heterocycles. The first-order valence-corrected chi connectivity index (χ1v) is 7.57. The Morgan fingerprint density at radius 3 is 2.57 bits per heavy atom. The second-order valence-electron chi connectivity index (χ2n) is 4.87. The molecule has 0 radical (unpaired) electrons. The van der Waals surface area contributed by atoms with Crippen LogP contribution in [0.2, 0.25) is 0 Å². The first-order chi connectivity index (χ1) is 10.0. The van der Waals surface area contributed by atoms with Gasteiger partial charge in [0.1, 0.15) is 5.75 Å². The van der Waals surface area contributed by atoms with Crippen LogP contribution in [-0.2, 0) is 0 Å². The predicted molar refractivity (Wildman–Crippen MR) is 95.5 cm³/mol. The molecule has 0 fully saturated rings. The first kappa shape index (κ1) is 17.5. The van der Waals surface area contributed by atoms with Gasteiger partial charge in [-0.05, 0) is 48.9 Å². The van der Waals surface area contributed by atoms with Crippen molar-refractivity contribution < 1.29 is 4.74 Å². The molecule has 0 spiro atoms. The quantitative estimate of drug-likeness (QED) is 0.490. The molecular formula is C14H22N4OS2. The van der Waals surface area contributed by atoms with Crippen molar-refractivity contribution in [2.24, 2.45) is 5.92 Å². The number of methoxy groups -OCH3 is 1. The van der Waals surface area contributed by atoms with Gasteiger partial charge in [0.05, 0.1) is 7.11 Å².